The van der Waals surface area contributed by atoms with Crippen molar-refractivity contribution in [1.82, 2.24) is 15.5 Å². The molecule has 0 fully saturated rings. The minimum atomic E-state index is 0.0258. The van der Waals surface area contributed by atoms with E-state index in [1.165, 1.54) is 0 Å². The molecule has 0 aliphatic heterocycles. The number of rotatable bonds is 5. The van der Waals surface area contributed by atoms with E-state index >= 15 is 0 Å². The molecule has 0 unspecified atom stereocenters. The fourth-order valence-electron chi connectivity index (χ4n) is 1.71. The van der Waals surface area contributed by atoms with Crippen molar-refractivity contribution in [3.8, 4) is 0 Å². The van der Waals surface area contributed by atoms with E-state index in [1.54, 1.807) is 12.4 Å². The predicted molar refractivity (Wildman–Crippen MR) is 74.9 cm³/mol. The molecule has 1 aromatic carbocycles. The smallest absolute Gasteiger partial charge is 0.220 e. The van der Waals surface area contributed by atoms with E-state index in [4.69, 9.17) is 11.6 Å². The number of aryl methyl sites for hydroxylation is 2. The second-order valence-corrected chi connectivity index (χ2v) is 4.87. The molecule has 2 rings (SSSR count). The van der Waals surface area contributed by atoms with Crippen molar-refractivity contribution in [1.29, 1.82) is 0 Å². The molecule has 2 N–H and O–H groups in total. The summed E-state index contributed by atoms with van der Waals surface area (Å²) in [5, 5.41) is 10.1. The van der Waals surface area contributed by atoms with Crippen LogP contribution in [0.5, 0.6) is 0 Å². The number of aromatic nitrogens is 2. The van der Waals surface area contributed by atoms with Gasteiger partial charge in [0.25, 0.3) is 0 Å². The monoisotopic (exact) mass is 277 g/mol. The van der Waals surface area contributed by atoms with E-state index in [0.717, 1.165) is 21.7 Å². The Morgan fingerprint density at radius 1 is 1.42 bits per heavy atom. The molecule has 19 heavy (non-hydrogen) atoms. The molecule has 5 heteroatoms. The summed E-state index contributed by atoms with van der Waals surface area (Å²) in [4.78, 5) is 11.7. The van der Waals surface area contributed by atoms with Crippen LogP contribution < -0.4 is 5.32 Å². The number of nitrogens with zero attached hydrogens (tertiary/aromatic N) is 1. The SMILES string of the molecule is Cc1ccc(CCC(=O)NCc2cn[nH]c2)cc1Cl. The molecule has 100 valence electrons. The molecule has 0 aliphatic rings. The molecule has 4 nitrogen and oxygen atoms in total. The van der Waals surface area contributed by atoms with Crippen molar-refractivity contribution < 1.29 is 4.79 Å². The number of nitrogens with one attached hydrogen (secondary N) is 2. The number of carbonyl (C=O) groups excluding carboxylic acids is 1. The van der Waals surface area contributed by atoms with E-state index in [-0.39, 0.29) is 5.91 Å². The Hall–Kier alpha value is -1.81. The first-order valence-corrected chi connectivity index (χ1v) is 6.52. The van der Waals surface area contributed by atoms with Crippen molar-refractivity contribution in [2.24, 2.45) is 0 Å². The van der Waals surface area contributed by atoms with Gasteiger partial charge in [0.05, 0.1) is 6.20 Å². The lowest BCUT2D eigenvalue weighted by atomic mass is 10.1. The Morgan fingerprint density at radius 2 is 2.26 bits per heavy atom. The van der Waals surface area contributed by atoms with Crippen LogP contribution in [0.2, 0.25) is 5.02 Å². The largest absolute Gasteiger partial charge is 0.352 e. The second-order valence-electron chi connectivity index (χ2n) is 4.47. The Labute approximate surface area is 117 Å². The van der Waals surface area contributed by atoms with Crippen LogP contribution in [-0.4, -0.2) is 16.1 Å². The van der Waals surface area contributed by atoms with Gasteiger partial charge in [0.2, 0.25) is 5.91 Å². The molecule has 0 atom stereocenters. The van der Waals surface area contributed by atoms with Gasteiger partial charge in [-0.3, -0.25) is 9.89 Å². The van der Waals surface area contributed by atoms with Gasteiger partial charge >= 0.3 is 0 Å². The number of H-pyrrole nitrogens is 1. The van der Waals surface area contributed by atoms with Gasteiger partial charge in [0.1, 0.15) is 0 Å². The molecular formula is C14H16ClN3O. The Bertz CT molecular complexity index is 552. The quantitative estimate of drug-likeness (QED) is 0.883. The lowest BCUT2D eigenvalue weighted by molar-refractivity contribution is -0.121. The maximum atomic E-state index is 11.7. The van der Waals surface area contributed by atoms with Gasteiger partial charge in [0.15, 0.2) is 0 Å². The van der Waals surface area contributed by atoms with Crippen molar-refractivity contribution in [2.45, 2.75) is 26.3 Å². The van der Waals surface area contributed by atoms with Crippen molar-refractivity contribution in [3.63, 3.8) is 0 Å². The first-order valence-electron chi connectivity index (χ1n) is 6.14. The average molecular weight is 278 g/mol. The van der Waals surface area contributed by atoms with Gasteiger partial charge in [-0.15, -0.1) is 0 Å². The second kappa shape index (κ2) is 6.38. The van der Waals surface area contributed by atoms with Gasteiger partial charge in [-0.25, -0.2) is 0 Å². The highest BCUT2D eigenvalue weighted by molar-refractivity contribution is 6.31. The first-order chi connectivity index (χ1) is 9.15. The minimum absolute atomic E-state index is 0.0258. The van der Waals surface area contributed by atoms with Crippen LogP contribution in [0.25, 0.3) is 0 Å². The van der Waals surface area contributed by atoms with Crippen LogP contribution >= 0.6 is 11.6 Å². The van der Waals surface area contributed by atoms with Crippen LogP contribution in [0.4, 0.5) is 0 Å². The number of amides is 1. The predicted octanol–water partition coefficient (Wildman–Crippen LogP) is 2.62. The summed E-state index contributed by atoms with van der Waals surface area (Å²) >= 11 is 6.05. The fourth-order valence-corrected chi connectivity index (χ4v) is 1.92. The number of hydrogen-bond donors (Lipinski definition) is 2. The molecule has 0 saturated heterocycles. The third-order valence-corrected chi connectivity index (χ3v) is 3.33. The molecule has 0 radical (unpaired) electrons. The van der Waals surface area contributed by atoms with Crippen molar-refractivity contribution in [2.75, 3.05) is 0 Å². The lowest BCUT2D eigenvalue weighted by Gasteiger charge is -2.05. The molecule has 1 amide bonds. The van der Waals surface area contributed by atoms with Crippen LogP contribution in [0.1, 0.15) is 23.1 Å². The number of aromatic amines is 1. The third-order valence-electron chi connectivity index (χ3n) is 2.92. The standard InChI is InChI=1S/C14H16ClN3O/c1-10-2-3-11(6-13(10)15)4-5-14(19)16-7-12-8-17-18-9-12/h2-3,6,8-9H,4-5,7H2,1H3,(H,16,19)(H,17,18). The number of hydrogen-bond acceptors (Lipinski definition) is 2. The summed E-state index contributed by atoms with van der Waals surface area (Å²) in [7, 11) is 0. The minimum Gasteiger partial charge on any atom is -0.352 e. The van der Waals surface area contributed by atoms with Gasteiger partial charge in [-0.05, 0) is 30.5 Å². The Kier molecular flexibility index (Phi) is 4.58. The van der Waals surface area contributed by atoms with Crippen LogP contribution in [0, 0.1) is 6.92 Å². The molecule has 1 heterocycles. The molecule has 0 saturated carbocycles. The van der Waals surface area contributed by atoms with Gasteiger partial charge in [-0.2, -0.15) is 5.10 Å². The van der Waals surface area contributed by atoms with Gasteiger partial charge in [-0.1, -0.05) is 23.7 Å². The van der Waals surface area contributed by atoms with Crippen LogP contribution in [0.3, 0.4) is 0 Å². The number of benzene rings is 1. The van der Waals surface area contributed by atoms with E-state index in [0.29, 0.717) is 19.4 Å². The highest BCUT2D eigenvalue weighted by atomic mass is 35.5. The van der Waals surface area contributed by atoms with E-state index in [1.807, 2.05) is 25.1 Å². The van der Waals surface area contributed by atoms with Crippen molar-refractivity contribution >= 4 is 17.5 Å². The summed E-state index contributed by atoms with van der Waals surface area (Å²) in [5.74, 6) is 0.0258. The maximum Gasteiger partial charge on any atom is 0.220 e. The summed E-state index contributed by atoms with van der Waals surface area (Å²) in [5.41, 5.74) is 3.09. The topological polar surface area (TPSA) is 57.8 Å². The third kappa shape index (κ3) is 4.10. The molecular weight excluding hydrogens is 262 g/mol. The van der Waals surface area contributed by atoms with Crippen LogP contribution in [-0.2, 0) is 17.8 Å². The molecule has 0 bridgehead atoms. The first kappa shape index (κ1) is 13.6. The van der Waals surface area contributed by atoms with Crippen LogP contribution in [0.15, 0.2) is 30.6 Å². The molecule has 1 aromatic heterocycles. The summed E-state index contributed by atoms with van der Waals surface area (Å²) in [6.07, 6.45) is 4.61. The zero-order valence-electron chi connectivity index (χ0n) is 10.7. The average Bonchev–Trinajstić information content (AvgIpc) is 2.91. The van der Waals surface area contributed by atoms with E-state index in [9.17, 15) is 4.79 Å². The summed E-state index contributed by atoms with van der Waals surface area (Å²) < 4.78 is 0. The lowest BCUT2D eigenvalue weighted by Crippen LogP contribution is -2.22. The molecule has 2 aromatic rings. The zero-order chi connectivity index (χ0) is 13.7. The fraction of sp³-hybridized carbons (Fsp3) is 0.286. The highest BCUT2D eigenvalue weighted by Crippen LogP contribution is 2.17. The summed E-state index contributed by atoms with van der Waals surface area (Å²) in [6.45, 7) is 2.47. The molecule has 0 spiro atoms. The van der Waals surface area contributed by atoms with E-state index < -0.39 is 0 Å². The number of carbonyl (C=O) groups is 1. The maximum absolute atomic E-state index is 11.7. The molecule has 0 aliphatic carbocycles. The normalized spacial score (nSPS) is 10.4. The number of halogens is 1. The zero-order valence-corrected chi connectivity index (χ0v) is 11.5. The summed E-state index contributed by atoms with van der Waals surface area (Å²) in [6, 6.07) is 5.89. The van der Waals surface area contributed by atoms with Gasteiger partial charge < -0.3 is 5.32 Å². The van der Waals surface area contributed by atoms with E-state index in [2.05, 4.69) is 15.5 Å². The highest BCUT2D eigenvalue weighted by Gasteiger charge is 2.04. The van der Waals surface area contributed by atoms with Gasteiger partial charge in [0, 0.05) is 29.7 Å². The Morgan fingerprint density at radius 3 is 2.95 bits per heavy atom. The van der Waals surface area contributed by atoms with Crippen molar-refractivity contribution in [3.05, 3.63) is 52.3 Å². The Balaban J connectivity index is 1.78.